The Morgan fingerprint density at radius 1 is 1.53 bits per heavy atom. The number of benzene rings is 1. The number of hydrogen-bond acceptors (Lipinski definition) is 2. The summed E-state index contributed by atoms with van der Waals surface area (Å²) in [5.74, 6) is 0.0560. The predicted molar refractivity (Wildman–Crippen MR) is 56.1 cm³/mol. The fourth-order valence-electron chi connectivity index (χ4n) is 1.66. The number of allylic oxidation sites excluding steroid dienone is 1. The molecule has 1 aliphatic heterocycles. The molecule has 2 rings (SSSR count). The second-order valence-corrected chi connectivity index (χ2v) is 3.49. The first kappa shape index (κ1) is 9.77. The van der Waals surface area contributed by atoms with E-state index >= 15 is 0 Å². The molecular weight excluding hydrogens is 192 g/mol. The average Bonchev–Trinajstić information content (AvgIpc) is 2.64. The summed E-state index contributed by atoms with van der Waals surface area (Å²) >= 11 is 0. The van der Waals surface area contributed by atoms with Crippen LogP contribution in [0, 0.1) is 0 Å². The lowest BCUT2D eigenvalue weighted by molar-refractivity contribution is -0.131. The van der Waals surface area contributed by atoms with E-state index in [1.807, 2.05) is 12.1 Å². The molecule has 1 heterocycles. The lowest BCUT2D eigenvalue weighted by Gasteiger charge is -2.00. The minimum absolute atomic E-state index is 0.652. The average molecular weight is 204 g/mol. The van der Waals surface area contributed by atoms with Crippen molar-refractivity contribution in [2.24, 2.45) is 0 Å². The standard InChI is InChI=1S/C12H12O3/c13-12(14)3-1-2-9-4-5-11-10(8-9)6-7-15-11/h1,3-5,8H,2,6-7H2,(H,13,14)/b3-1+. The molecule has 0 bridgehead atoms. The third kappa shape index (κ3) is 2.37. The highest BCUT2D eigenvalue weighted by Crippen LogP contribution is 2.25. The number of carbonyl (C=O) groups is 1. The van der Waals surface area contributed by atoms with Crippen molar-refractivity contribution in [2.75, 3.05) is 6.61 Å². The summed E-state index contributed by atoms with van der Waals surface area (Å²) in [5.41, 5.74) is 2.34. The highest BCUT2D eigenvalue weighted by Gasteiger charge is 2.11. The van der Waals surface area contributed by atoms with Gasteiger partial charge in [0.2, 0.25) is 0 Å². The topological polar surface area (TPSA) is 46.5 Å². The van der Waals surface area contributed by atoms with Crippen LogP contribution < -0.4 is 4.74 Å². The maximum absolute atomic E-state index is 10.3. The third-order valence-corrected chi connectivity index (χ3v) is 2.37. The predicted octanol–water partition coefficient (Wildman–Crippen LogP) is 1.80. The van der Waals surface area contributed by atoms with Crippen molar-refractivity contribution in [2.45, 2.75) is 12.8 Å². The molecule has 0 aromatic heterocycles. The Morgan fingerprint density at radius 2 is 2.40 bits per heavy atom. The monoisotopic (exact) mass is 204 g/mol. The van der Waals surface area contributed by atoms with Gasteiger partial charge in [-0.25, -0.2) is 4.79 Å². The summed E-state index contributed by atoms with van der Waals surface area (Å²) in [5, 5.41) is 8.44. The molecule has 0 amide bonds. The molecule has 0 spiro atoms. The molecule has 1 aromatic carbocycles. The zero-order chi connectivity index (χ0) is 10.7. The van der Waals surface area contributed by atoms with Crippen LogP contribution in [0.15, 0.2) is 30.4 Å². The van der Waals surface area contributed by atoms with Gasteiger partial charge in [-0.05, 0) is 23.6 Å². The van der Waals surface area contributed by atoms with Crippen molar-refractivity contribution in [1.29, 1.82) is 0 Å². The van der Waals surface area contributed by atoms with Crippen LogP contribution in [0.25, 0.3) is 0 Å². The number of rotatable bonds is 3. The molecule has 0 radical (unpaired) electrons. The number of hydrogen-bond donors (Lipinski definition) is 1. The van der Waals surface area contributed by atoms with Crippen molar-refractivity contribution in [3.63, 3.8) is 0 Å². The van der Waals surface area contributed by atoms with Crippen LogP contribution in [0.2, 0.25) is 0 Å². The Morgan fingerprint density at radius 3 is 3.20 bits per heavy atom. The Kier molecular flexibility index (Phi) is 2.72. The van der Waals surface area contributed by atoms with Gasteiger partial charge >= 0.3 is 5.97 Å². The van der Waals surface area contributed by atoms with E-state index in [4.69, 9.17) is 9.84 Å². The normalized spacial score (nSPS) is 13.9. The zero-order valence-electron chi connectivity index (χ0n) is 8.27. The zero-order valence-corrected chi connectivity index (χ0v) is 8.27. The Bertz CT molecular complexity index is 407. The van der Waals surface area contributed by atoms with Crippen LogP contribution in [0.4, 0.5) is 0 Å². The highest BCUT2D eigenvalue weighted by atomic mass is 16.5. The maximum Gasteiger partial charge on any atom is 0.327 e. The minimum Gasteiger partial charge on any atom is -0.493 e. The largest absolute Gasteiger partial charge is 0.493 e. The molecule has 78 valence electrons. The molecular formula is C12H12O3. The lowest BCUT2D eigenvalue weighted by Crippen LogP contribution is -1.88. The van der Waals surface area contributed by atoms with Crippen LogP contribution in [0.1, 0.15) is 11.1 Å². The molecule has 15 heavy (non-hydrogen) atoms. The van der Waals surface area contributed by atoms with Gasteiger partial charge in [-0.3, -0.25) is 0 Å². The Hall–Kier alpha value is -1.77. The fourth-order valence-corrected chi connectivity index (χ4v) is 1.66. The Labute approximate surface area is 88.0 Å². The molecule has 0 fully saturated rings. The third-order valence-electron chi connectivity index (χ3n) is 2.37. The van der Waals surface area contributed by atoms with Gasteiger partial charge < -0.3 is 9.84 Å². The molecule has 0 saturated carbocycles. The molecule has 0 unspecified atom stereocenters. The number of carboxylic acid groups (broad SMARTS) is 1. The van der Waals surface area contributed by atoms with E-state index in [1.54, 1.807) is 6.08 Å². The molecule has 0 aliphatic carbocycles. The number of fused-ring (bicyclic) bond motifs is 1. The van der Waals surface area contributed by atoms with E-state index in [0.717, 1.165) is 24.3 Å². The van der Waals surface area contributed by atoms with Gasteiger partial charge in [0.05, 0.1) is 6.61 Å². The van der Waals surface area contributed by atoms with E-state index in [9.17, 15) is 4.79 Å². The van der Waals surface area contributed by atoms with Gasteiger partial charge in [0.25, 0.3) is 0 Å². The van der Waals surface area contributed by atoms with Crippen molar-refractivity contribution in [1.82, 2.24) is 0 Å². The number of carboxylic acids is 1. The van der Waals surface area contributed by atoms with Crippen LogP contribution >= 0.6 is 0 Å². The van der Waals surface area contributed by atoms with E-state index in [-0.39, 0.29) is 0 Å². The van der Waals surface area contributed by atoms with Gasteiger partial charge in [0, 0.05) is 12.5 Å². The first-order chi connectivity index (χ1) is 7.25. The summed E-state index contributed by atoms with van der Waals surface area (Å²) in [6.07, 6.45) is 4.43. The van der Waals surface area contributed by atoms with Crippen molar-refractivity contribution < 1.29 is 14.6 Å². The SMILES string of the molecule is O=C(O)/C=C/Cc1ccc2c(c1)CCO2. The summed E-state index contributed by atoms with van der Waals surface area (Å²) in [6, 6.07) is 6.00. The molecule has 1 aliphatic rings. The van der Waals surface area contributed by atoms with Crippen LogP contribution in [-0.4, -0.2) is 17.7 Å². The second-order valence-electron chi connectivity index (χ2n) is 3.49. The molecule has 1 N–H and O–H groups in total. The van der Waals surface area contributed by atoms with Crippen molar-refractivity contribution >= 4 is 5.97 Å². The quantitative estimate of drug-likeness (QED) is 0.764. The maximum atomic E-state index is 10.3. The Balaban J connectivity index is 2.07. The van der Waals surface area contributed by atoms with Gasteiger partial charge in [-0.1, -0.05) is 18.2 Å². The molecule has 0 saturated heterocycles. The smallest absolute Gasteiger partial charge is 0.327 e. The van der Waals surface area contributed by atoms with Crippen LogP contribution in [0.3, 0.4) is 0 Å². The molecule has 0 atom stereocenters. The molecule has 3 nitrogen and oxygen atoms in total. The van der Waals surface area contributed by atoms with Gasteiger partial charge in [-0.15, -0.1) is 0 Å². The molecule has 3 heteroatoms. The fraction of sp³-hybridized carbons (Fsp3) is 0.250. The van der Waals surface area contributed by atoms with E-state index in [0.29, 0.717) is 6.42 Å². The first-order valence-corrected chi connectivity index (χ1v) is 4.90. The second kappa shape index (κ2) is 4.17. The van der Waals surface area contributed by atoms with Crippen LogP contribution in [-0.2, 0) is 17.6 Å². The van der Waals surface area contributed by atoms with Gasteiger partial charge in [-0.2, -0.15) is 0 Å². The summed E-state index contributed by atoms with van der Waals surface area (Å²) < 4.78 is 5.38. The summed E-state index contributed by atoms with van der Waals surface area (Å²) in [6.45, 7) is 0.754. The van der Waals surface area contributed by atoms with Crippen LogP contribution in [0.5, 0.6) is 5.75 Å². The number of ether oxygens (including phenoxy) is 1. The van der Waals surface area contributed by atoms with Gasteiger partial charge in [0.1, 0.15) is 5.75 Å². The molecule has 1 aromatic rings. The summed E-state index contributed by atoms with van der Waals surface area (Å²) in [4.78, 5) is 10.3. The first-order valence-electron chi connectivity index (χ1n) is 4.90. The van der Waals surface area contributed by atoms with Crippen molar-refractivity contribution in [3.8, 4) is 5.75 Å². The van der Waals surface area contributed by atoms with Gasteiger partial charge in [0.15, 0.2) is 0 Å². The van der Waals surface area contributed by atoms with E-state index < -0.39 is 5.97 Å². The minimum atomic E-state index is -0.903. The highest BCUT2D eigenvalue weighted by molar-refractivity contribution is 5.79. The lowest BCUT2D eigenvalue weighted by atomic mass is 10.1. The number of aliphatic carboxylic acids is 1. The van der Waals surface area contributed by atoms with Crippen molar-refractivity contribution in [3.05, 3.63) is 41.5 Å². The summed E-state index contributed by atoms with van der Waals surface area (Å²) in [7, 11) is 0. The van der Waals surface area contributed by atoms with E-state index in [2.05, 4.69) is 6.07 Å². The van der Waals surface area contributed by atoms with E-state index in [1.165, 1.54) is 11.6 Å².